The SMILES string of the molecule is C=C1/C(=C\C=C2/CCC[C@]3(C)[C@@H]([C@H](C)CCCC(C)(C)O)CC[C@@H]23)C[C@H](O)C[C@H]1[C@@H](C)O. The summed E-state index contributed by atoms with van der Waals surface area (Å²) in [5, 5.41) is 30.5. The molecule has 0 unspecified atom stereocenters. The lowest BCUT2D eigenvalue weighted by Gasteiger charge is -2.44. The van der Waals surface area contributed by atoms with Crippen molar-refractivity contribution in [3.63, 3.8) is 0 Å². The van der Waals surface area contributed by atoms with E-state index >= 15 is 0 Å². The molecule has 7 atom stereocenters. The first-order valence-electron chi connectivity index (χ1n) is 13.1. The highest BCUT2D eigenvalue weighted by molar-refractivity contribution is 5.38. The van der Waals surface area contributed by atoms with Crippen LogP contribution in [0.2, 0.25) is 0 Å². The molecule has 3 heteroatoms. The fraction of sp³-hybridized carbons (Fsp3) is 0.793. The molecular weight excluding hydrogens is 396 g/mol. The van der Waals surface area contributed by atoms with E-state index in [0.29, 0.717) is 30.1 Å². The predicted octanol–water partition coefficient (Wildman–Crippen LogP) is 6.34. The first-order valence-corrected chi connectivity index (χ1v) is 13.1. The van der Waals surface area contributed by atoms with Crippen LogP contribution >= 0.6 is 0 Å². The molecule has 3 aliphatic rings. The molecule has 182 valence electrons. The van der Waals surface area contributed by atoms with Crippen LogP contribution in [0, 0.1) is 29.1 Å². The third-order valence-electron chi connectivity index (χ3n) is 9.10. The van der Waals surface area contributed by atoms with E-state index in [1.807, 2.05) is 13.8 Å². The lowest BCUT2D eigenvalue weighted by atomic mass is 9.60. The Morgan fingerprint density at radius 3 is 2.59 bits per heavy atom. The van der Waals surface area contributed by atoms with Gasteiger partial charge in [-0.1, -0.05) is 51.0 Å². The monoisotopic (exact) mass is 444 g/mol. The zero-order valence-corrected chi connectivity index (χ0v) is 21.2. The number of aliphatic hydroxyl groups is 3. The van der Waals surface area contributed by atoms with Crippen molar-refractivity contribution < 1.29 is 15.3 Å². The minimum Gasteiger partial charge on any atom is -0.393 e. The van der Waals surface area contributed by atoms with Gasteiger partial charge in [-0.3, -0.25) is 0 Å². The second-order valence-corrected chi connectivity index (χ2v) is 12.2. The lowest BCUT2D eigenvalue weighted by Crippen LogP contribution is -2.36. The molecule has 0 aliphatic heterocycles. The highest BCUT2D eigenvalue weighted by Gasteiger charge is 2.50. The van der Waals surface area contributed by atoms with Crippen LogP contribution in [0.25, 0.3) is 0 Å². The Hall–Kier alpha value is -0.900. The molecule has 0 aromatic heterocycles. The fourth-order valence-electron chi connectivity index (χ4n) is 7.28. The van der Waals surface area contributed by atoms with Gasteiger partial charge in [-0.15, -0.1) is 0 Å². The summed E-state index contributed by atoms with van der Waals surface area (Å²) in [7, 11) is 0. The third kappa shape index (κ3) is 5.77. The smallest absolute Gasteiger partial charge is 0.0591 e. The third-order valence-corrected chi connectivity index (χ3v) is 9.10. The number of aliphatic hydroxyl groups excluding tert-OH is 2. The summed E-state index contributed by atoms with van der Waals surface area (Å²) in [5.41, 5.74) is 3.52. The number of allylic oxidation sites excluding steroid dienone is 3. The van der Waals surface area contributed by atoms with E-state index in [2.05, 4.69) is 32.6 Å². The second-order valence-electron chi connectivity index (χ2n) is 12.2. The van der Waals surface area contributed by atoms with Crippen molar-refractivity contribution in [3.05, 3.63) is 35.5 Å². The normalized spacial score (nSPS) is 38.2. The Kier molecular flexibility index (Phi) is 8.16. The van der Waals surface area contributed by atoms with Gasteiger partial charge in [0.1, 0.15) is 0 Å². The summed E-state index contributed by atoms with van der Waals surface area (Å²) in [5.74, 6) is 2.08. The molecule has 3 N–H and O–H groups in total. The van der Waals surface area contributed by atoms with Gasteiger partial charge < -0.3 is 15.3 Å². The van der Waals surface area contributed by atoms with Gasteiger partial charge in [0, 0.05) is 5.92 Å². The molecule has 3 aliphatic carbocycles. The molecule has 0 aromatic carbocycles. The standard InChI is InChI=1S/C29H48O3/c1-19(9-7-15-28(4,5)32)26-13-14-27-22(10-8-16-29(26,27)6)11-12-23-17-24(31)18-25(20(23)2)21(3)30/h11-12,19,21,24-27,30-32H,2,7-10,13-18H2,1,3-6H3/b22-11+,23-12-/t19-,21-,24+,25-,26-,27+,29-/m1/s1. The maximum absolute atomic E-state index is 10.3. The molecule has 3 saturated carbocycles. The Bertz CT molecular complexity index is 725. The fourth-order valence-corrected chi connectivity index (χ4v) is 7.28. The molecule has 3 fully saturated rings. The molecule has 0 saturated heterocycles. The van der Waals surface area contributed by atoms with Crippen molar-refractivity contribution >= 4 is 0 Å². The van der Waals surface area contributed by atoms with Crippen LogP contribution in [-0.4, -0.2) is 33.1 Å². The number of rotatable bonds is 7. The molecule has 0 amide bonds. The van der Waals surface area contributed by atoms with Crippen LogP contribution in [-0.2, 0) is 0 Å². The minimum absolute atomic E-state index is 0.0411. The van der Waals surface area contributed by atoms with Gasteiger partial charge in [-0.05, 0) is 106 Å². The van der Waals surface area contributed by atoms with Gasteiger partial charge >= 0.3 is 0 Å². The molecule has 0 bridgehead atoms. The van der Waals surface area contributed by atoms with Crippen molar-refractivity contribution in [1.82, 2.24) is 0 Å². The lowest BCUT2D eigenvalue weighted by molar-refractivity contribution is 0.0596. The first kappa shape index (κ1) is 25.7. The zero-order valence-electron chi connectivity index (χ0n) is 21.2. The van der Waals surface area contributed by atoms with Crippen LogP contribution in [0.4, 0.5) is 0 Å². The number of hydrogen-bond acceptors (Lipinski definition) is 3. The summed E-state index contributed by atoms with van der Waals surface area (Å²) in [4.78, 5) is 0. The van der Waals surface area contributed by atoms with Gasteiger partial charge in [0.05, 0.1) is 17.8 Å². The molecule has 0 heterocycles. The molecule has 32 heavy (non-hydrogen) atoms. The highest BCUT2D eigenvalue weighted by atomic mass is 16.3. The van der Waals surface area contributed by atoms with Crippen LogP contribution < -0.4 is 0 Å². The quantitative estimate of drug-likeness (QED) is 0.429. The molecule has 0 radical (unpaired) electrons. The van der Waals surface area contributed by atoms with E-state index in [1.165, 1.54) is 38.5 Å². The maximum atomic E-state index is 10.3. The molecule has 0 aromatic rings. The second kappa shape index (κ2) is 10.2. The topological polar surface area (TPSA) is 60.7 Å². The number of hydrogen-bond donors (Lipinski definition) is 3. The minimum atomic E-state index is -0.556. The summed E-state index contributed by atoms with van der Waals surface area (Å²) < 4.78 is 0. The summed E-state index contributed by atoms with van der Waals surface area (Å²) in [6, 6.07) is 0. The Labute approximate surface area is 196 Å². The van der Waals surface area contributed by atoms with Crippen molar-refractivity contribution in [2.24, 2.45) is 29.1 Å². The predicted molar refractivity (Wildman–Crippen MR) is 133 cm³/mol. The van der Waals surface area contributed by atoms with E-state index in [4.69, 9.17) is 0 Å². The first-order chi connectivity index (χ1) is 14.9. The van der Waals surface area contributed by atoms with E-state index < -0.39 is 11.7 Å². The van der Waals surface area contributed by atoms with E-state index in [1.54, 1.807) is 12.5 Å². The van der Waals surface area contributed by atoms with Crippen molar-refractivity contribution in [1.29, 1.82) is 0 Å². The molecular formula is C29H48O3. The van der Waals surface area contributed by atoms with Crippen molar-refractivity contribution in [3.8, 4) is 0 Å². The number of fused-ring (bicyclic) bond motifs is 1. The van der Waals surface area contributed by atoms with Gasteiger partial charge in [-0.2, -0.15) is 0 Å². The van der Waals surface area contributed by atoms with Gasteiger partial charge in [0.25, 0.3) is 0 Å². The molecule has 3 rings (SSSR count). The van der Waals surface area contributed by atoms with Gasteiger partial charge in [-0.25, -0.2) is 0 Å². The largest absolute Gasteiger partial charge is 0.393 e. The summed E-state index contributed by atoms with van der Waals surface area (Å²) in [6.45, 7) is 14.9. The van der Waals surface area contributed by atoms with Crippen LogP contribution in [0.3, 0.4) is 0 Å². The average Bonchev–Trinajstić information content (AvgIpc) is 3.04. The van der Waals surface area contributed by atoms with Crippen LogP contribution in [0.1, 0.15) is 98.8 Å². The van der Waals surface area contributed by atoms with Crippen LogP contribution in [0.15, 0.2) is 35.5 Å². The van der Waals surface area contributed by atoms with Gasteiger partial charge in [0.2, 0.25) is 0 Å². The Morgan fingerprint density at radius 2 is 1.94 bits per heavy atom. The Balaban J connectivity index is 1.72. The highest BCUT2D eigenvalue weighted by Crippen LogP contribution is 2.60. The van der Waals surface area contributed by atoms with Crippen LogP contribution in [0.5, 0.6) is 0 Å². The van der Waals surface area contributed by atoms with E-state index in [0.717, 1.165) is 29.9 Å². The molecule has 3 nitrogen and oxygen atoms in total. The zero-order chi connectivity index (χ0) is 23.7. The maximum Gasteiger partial charge on any atom is 0.0591 e. The van der Waals surface area contributed by atoms with E-state index in [-0.39, 0.29) is 12.0 Å². The summed E-state index contributed by atoms with van der Waals surface area (Å²) in [6.07, 6.45) is 14.5. The van der Waals surface area contributed by atoms with Crippen molar-refractivity contribution in [2.45, 2.75) is 117 Å². The van der Waals surface area contributed by atoms with E-state index in [9.17, 15) is 15.3 Å². The average molecular weight is 445 g/mol. The Morgan fingerprint density at radius 1 is 1.22 bits per heavy atom. The molecule has 0 spiro atoms. The van der Waals surface area contributed by atoms with Crippen molar-refractivity contribution in [2.75, 3.05) is 0 Å². The van der Waals surface area contributed by atoms with Gasteiger partial charge in [0.15, 0.2) is 0 Å². The summed E-state index contributed by atoms with van der Waals surface area (Å²) >= 11 is 0.